The molecule has 0 saturated heterocycles. The molecule has 2 aromatic heterocycles. The topological polar surface area (TPSA) is 53.4 Å². The van der Waals surface area contributed by atoms with E-state index in [0.717, 1.165) is 41.9 Å². The predicted molar refractivity (Wildman–Crippen MR) is 105 cm³/mol. The first kappa shape index (κ1) is 16.5. The molecular formula is C21H22N4O. The monoisotopic (exact) mass is 346 g/mol. The number of aromatic nitrogens is 3. The molecule has 2 heterocycles. The van der Waals surface area contributed by atoms with E-state index in [4.69, 9.17) is 0 Å². The van der Waals surface area contributed by atoms with Crippen molar-refractivity contribution in [1.82, 2.24) is 19.5 Å². The molecule has 0 fully saturated rings. The largest absolute Gasteiger partial charge is 0.306 e. The number of hydrogen-bond acceptors (Lipinski definition) is 3. The zero-order chi connectivity index (χ0) is 18.1. The van der Waals surface area contributed by atoms with E-state index in [1.54, 1.807) is 0 Å². The smallest absolute Gasteiger partial charge is 0.259 e. The molecule has 0 unspecified atom stereocenters. The van der Waals surface area contributed by atoms with Gasteiger partial charge in [-0.15, -0.1) is 0 Å². The Morgan fingerprint density at radius 2 is 1.81 bits per heavy atom. The molecule has 0 aliphatic heterocycles. The molecule has 5 nitrogen and oxygen atoms in total. The van der Waals surface area contributed by atoms with E-state index in [9.17, 15) is 4.79 Å². The first-order valence-electron chi connectivity index (χ1n) is 8.85. The normalized spacial score (nSPS) is 11.7. The minimum Gasteiger partial charge on any atom is -0.306 e. The van der Waals surface area contributed by atoms with Crippen LogP contribution in [0.15, 0.2) is 59.4 Å². The fourth-order valence-corrected chi connectivity index (χ4v) is 3.39. The van der Waals surface area contributed by atoms with Crippen molar-refractivity contribution in [3.63, 3.8) is 0 Å². The van der Waals surface area contributed by atoms with Gasteiger partial charge >= 0.3 is 0 Å². The molecule has 26 heavy (non-hydrogen) atoms. The zero-order valence-electron chi connectivity index (χ0n) is 15.1. The lowest BCUT2D eigenvalue weighted by Gasteiger charge is -2.16. The van der Waals surface area contributed by atoms with Crippen molar-refractivity contribution < 1.29 is 0 Å². The Morgan fingerprint density at radius 3 is 2.62 bits per heavy atom. The third kappa shape index (κ3) is 3.02. The van der Waals surface area contributed by atoms with Gasteiger partial charge in [-0.05, 0) is 38.1 Å². The van der Waals surface area contributed by atoms with E-state index in [1.165, 1.54) is 5.56 Å². The maximum absolute atomic E-state index is 12.4. The number of aromatic amines is 1. The zero-order valence-corrected chi connectivity index (χ0v) is 15.1. The van der Waals surface area contributed by atoms with Crippen LogP contribution < -0.4 is 5.56 Å². The van der Waals surface area contributed by atoms with E-state index in [2.05, 4.69) is 46.3 Å². The number of nitrogens with one attached hydrogen (secondary N) is 1. The maximum Gasteiger partial charge on any atom is 0.259 e. The number of benzene rings is 2. The summed E-state index contributed by atoms with van der Waals surface area (Å²) in [5, 5.41) is 5.33. The van der Waals surface area contributed by atoms with Crippen molar-refractivity contribution in [2.45, 2.75) is 19.9 Å². The first-order valence-corrected chi connectivity index (χ1v) is 8.85. The number of para-hydroxylation sites is 1. The molecule has 4 aromatic rings. The summed E-state index contributed by atoms with van der Waals surface area (Å²) in [6.07, 6.45) is 0.995. The van der Waals surface area contributed by atoms with Crippen molar-refractivity contribution >= 4 is 16.6 Å². The average Bonchev–Trinajstić information content (AvgIpc) is 2.97. The van der Waals surface area contributed by atoms with Gasteiger partial charge in [-0.2, -0.15) is 5.10 Å². The van der Waals surface area contributed by atoms with Gasteiger partial charge in [0.15, 0.2) is 0 Å². The molecule has 0 spiro atoms. The second kappa shape index (κ2) is 6.77. The van der Waals surface area contributed by atoms with Gasteiger partial charge in [0.25, 0.3) is 5.56 Å². The predicted octanol–water partition coefficient (Wildman–Crippen LogP) is 3.16. The fraction of sp³-hybridized carbons (Fsp3) is 0.238. The van der Waals surface area contributed by atoms with Crippen LogP contribution in [-0.4, -0.2) is 33.1 Å². The van der Waals surface area contributed by atoms with Crippen LogP contribution in [0.2, 0.25) is 0 Å². The number of H-pyrrole nitrogens is 1. The summed E-state index contributed by atoms with van der Waals surface area (Å²) in [6, 6.07) is 18.1. The number of rotatable bonds is 5. The van der Waals surface area contributed by atoms with Crippen LogP contribution in [0.5, 0.6) is 0 Å². The third-order valence-electron chi connectivity index (χ3n) is 4.85. The molecule has 0 radical (unpaired) electrons. The van der Waals surface area contributed by atoms with Crippen LogP contribution in [0.1, 0.15) is 16.8 Å². The Labute approximate surface area is 151 Å². The lowest BCUT2D eigenvalue weighted by molar-refractivity contribution is 0.331. The van der Waals surface area contributed by atoms with Crippen LogP contribution in [-0.2, 0) is 13.0 Å². The molecule has 132 valence electrons. The van der Waals surface area contributed by atoms with Crippen molar-refractivity contribution in [2.24, 2.45) is 0 Å². The summed E-state index contributed by atoms with van der Waals surface area (Å²) in [6.45, 7) is 3.69. The van der Waals surface area contributed by atoms with Gasteiger partial charge in [0.05, 0.1) is 16.6 Å². The van der Waals surface area contributed by atoms with Gasteiger partial charge in [-0.1, -0.05) is 42.5 Å². The van der Waals surface area contributed by atoms with Crippen LogP contribution in [0.3, 0.4) is 0 Å². The van der Waals surface area contributed by atoms with Crippen molar-refractivity contribution in [3.8, 4) is 0 Å². The Morgan fingerprint density at radius 1 is 1.08 bits per heavy atom. The highest BCUT2D eigenvalue weighted by atomic mass is 16.1. The quantitative estimate of drug-likeness (QED) is 0.604. The minimum absolute atomic E-state index is 0.0683. The average molecular weight is 346 g/mol. The highest BCUT2D eigenvalue weighted by Gasteiger charge is 2.15. The number of likely N-dealkylation sites (N-methyl/N-ethyl adjacent to an activating group) is 1. The number of aryl methyl sites for hydroxylation is 1. The number of fused-ring (bicyclic) bond motifs is 3. The fourth-order valence-electron chi connectivity index (χ4n) is 3.39. The van der Waals surface area contributed by atoms with Crippen molar-refractivity contribution in [1.29, 1.82) is 0 Å². The SMILES string of the molecule is Cc1nn2c([nH]c(=O)c3ccccc32)c1CN(C)CCc1ccccc1. The molecule has 0 atom stereocenters. The third-order valence-corrected chi connectivity index (χ3v) is 4.85. The summed E-state index contributed by atoms with van der Waals surface area (Å²) in [4.78, 5) is 17.7. The van der Waals surface area contributed by atoms with E-state index >= 15 is 0 Å². The standard InChI is InChI=1S/C21H22N4O/c1-15-18(14-24(2)13-12-16-8-4-3-5-9-16)20-22-21(26)17-10-6-7-11-19(17)25(20)23-15/h3-11H,12-14H2,1-2H3,(H,22,26). The first-order chi connectivity index (χ1) is 12.6. The summed E-state index contributed by atoms with van der Waals surface area (Å²) in [7, 11) is 2.10. The molecule has 0 amide bonds. The number of nitrogens with zero attached hydrogens (tertiary/aromatic N) is 3. The van der Waals surface area contributed by atoms with Gasteiger partial charge in [0.2, 0.25) is 0 Å². The molecular weight excluding hydrogens is 324 g/mol. The van der Waals surface area contributed by atoms with Crippen LogP contribution >= 0.6 is 0 Å². The Kier molecular flexibility index (Phi) is 4.31. The van der Waals surface area contributed by atoms with E-state index in [0.29, 0.717) is 5.39 Å². The Balaban J connectivity index is 1.64. The second-order valence-corrected chi connectivity index (χ2v) is 6.77. The van der Waals surface area contributed by atoms with Crippen LogP contribution in [0.4, 0.5) is 0 Å². The summed E-state index contributed by atoms with van der Waals surface area (Å²) in [5.74, 6) is 0. The molecule has 2 aromatic carbocycles. The van der Waals surface area contributed by atoms with Crippen LogP contribution in [0.25, 0.3) is 16.6 Å². The Bertz CT molecular complexity index is 1110. The van der Waals surface area contributed by atoms with Gasteiger partial charge in [0, 0.05) is 18.7 Å². The van der Waals surface area contributed by atoms with Gasteiger partial charge < -0.3 is 9.88 Å². The van der Waals surface area contributed by atoms with E-state index in [1.807, 2.05) is 41.8 Å². The molecule has 0 aliphatic carbocycles. The van der Waals surface area contributed by atoms with E-state index < -0.39 is 0 Å². The van der Waals surface area contributed by atoms with E-state index in [-0.39, 0.29) is 5.56 Å². The van der Waals surface area contributed by atoms with Crippen LogP contribution in [0, 0.1) is 6.92 Å². The lowest BCUT2D eigenvalue weighted by Crippen LogP contribution is -2.21. The molecule has 5 heteroatoms. The minimum atomic E-state index is -0.0683. The summed E-state index contributed by atoms with van der Waals surface area (Å²) in [5.41, 5.74) is 4.91. The Hall–Kier alpha value is -2.92. The maximum atomic E-state index is 12.4. The molecule has 0 bridgehead atoms. The summed E-state index contributed by atoms with van der Waals surface area (Å²) < 4.78 is 1.85. The van der Waals surface area contributed by atoms with Gasteiger partial charge in [-0.3, -0.25) is 4.79 Å². The van der Waals surface area contributed by atoms with Crippen molar-refractivity contribution in [3.05, 3.63) is 81.8 Å². The molecule has 0 saturated carbocycles. The van der Waals surface area contributed by atoms with Gasteiger partial charge in [0.1, 0.15) is 5.65 Å². The summed E-state index contributed by atoms with van der Waals surface area (Å²) >= 11 is 0. The van der Waals surface area contributed by atoms with Gasteiger partial charge in [-0.25, -0.2) is 4.52 Å². The highest BCUT2D eigenvalue weighted by Crippen LogP contribution is 2.19. The highest BCUT2D eigenvalue weighted by molar-refractivity contribution is 5.80. The lowest BCUT2D eigenvalue weighted by atomic mass is 10.1. The number of hydrogen-bond donors (Lipinski definition) is 1. The molecule has 4 rings (SSSR count). The molecule has 0 aliphatic rings. The molecule has 1 N–H and O–H groups in total. The van der Waals surface area contributed by atoms with Crippen molar-refractivity contribution in [2.75, 3.05) is 13.6 Å². The second-order valence-electron chi connectivity index (χ2n) is 6.77.